The number of hydrogen-bond donors (Lipinski definition) is 0. The lowest BCUT2D eigenvalue weighted by Gasteiger charge is -2.17. The van der Waals surface area contributed by atoms with E-state index in [1.165, 1.54) is 28.6 Å². The first kappa shape index (κ1) is 15.4. The molecular weight excluding hydrogens is 316 g/mol. The van der Waals surface area contributed by atoms with Crippen LogP contribution in [0.15, 0.2) is 47.5 Å². The number of ether oxygens (including phenoxy) is 1. The molecule has 0 spiro atoms. The van der Waals surface area contributed by atoms with E-state index in [4.69, 9.17) is 10.00 Å². The molecule has 1 atom stereocenters. The maximum Gasteiger partial charge on any atom is 0.243 e. The van der Waals surface area contributed by atoms with E-state index in [0.29, 0.717) is 24.4 Å². The molecule has 1 fully saturated rings. The molecule has 0 unspecified atom stereocenters. The van der Waals surface area contributed by atoms with Gasteiger partial charge in [0.15, 0.2) is 0 Å². The van der Waals surface area contributed by atoms with Gasteiger partial charge < -0.3 is 4.74 Å². The molecule has 0 N–H and O–H groups in total. The van der Waals surface area contributed by atoms with Gasteiger partial charge in [-0.3, -0.25) is 0 Å². The third-order valence-electron chi connectivity index (χ3n) is 3.56. The Bertz CT molecular complexity index is 816. The second-order valence-corrected chi connectivity index (χ2v) is 7.03. The lowest BCUT2D eigenvalue weighted by Crippen LogP contribution is -2.31. The van der Waals surface area contributed by atoms with Crippen LogP contribution in [0.5, 0.6) is 5.88 Å². The molecule has 0 aliphatic carbocycles. The molecule has 1 aliphatic rings. The van der Waals surface area contributed by atoms with Crippen LogP contribution < -0.4 is 4.74 Å². The predicted molar refractivity (Wildman–Crippen MR) is 81.0 cm³/mol. The molecule has 1 aliphatic heterocycles. The second kappa shape index (κ2) is 6.32. The van der Waals surface area contributed by atoms with E-state index in [0.717, 1.165) is 0 Å². The van der Waals surface area contributed by atoms with Crippen molar-refractivity contribution in [2.45, 2.75) is 17.4 Å². The molecule has 3 rings (SSSR count). The van der Waals surface area contributed by atoms with E-state index in [2.05, 4.69) is 10.2 Å². The van der Waals surface area contributed by atoms with E-state index < -0.39 is 10.0 Å². The Balaban J connectivity index is 1.71. The average molecular weight is 330 g/mol. The van der Waals surface area contributed by atoms with Gasteiger partial charge in [0.1, 0.15) is 6.10 Å². The first-order valence-corrected chi connectivity index (χ1v) is 8.48. The molecular formula is C15H14N4O3S. The van der Waals surface area contributed by atoms with Crippen LogP contribution in [0.4, 0.5) is 0 Å². The maximum atomic E-state index is 12.6. The molecule has 2 aromatic rings. The summed E-state index contributed by atoms with van der Waals surface area (Å²) in [5, 5.41) is 16.3. The molecule has 7 nitrogen and oxygen atoms in total. The van der Waals surface area contributed by atoms with Crippen LogP contribution in [0.1, 0.15) is 12.0 Å². The van der Waals surface area contributed by atoms with Gasteiger partial charge in [0, 0.05) is 18.8 Å². The van der Waals surface area contributed by atoms with Gasteiger partial charge >= 0.3 is 0 Å². The van der Waals surface area contributed by atoms with Gasteiger partial charge in [-0.05, 0) is 36.8 Å². The monoisotopic (exact) mass is 330 g/mol. The summed E-state index contributed by atoms with van der Waals surface area (Å²) in [5.74, 6) is 0.384. The third kappa shape index (κ3) is 3.31. The molecule has 0 radical (unpaired) electrons. The molecule has 2 heterocycles. The summed E-state index contributed by atoms with van der Waals surface area (Å²) in [4.78, 5) is 0.177. The summed E-state index contributed by atoms with van der Waals surface area (Å²) >= 11 is 0. The molecule has 8 heteroatoms. The fourth-order valence-corrected chi connectivity index (χ4v) is 3.87. The number of benzene rings is 1. The van der Waals surface area contributed by atoms with Crippen molar-refractivity contribution < 1.29 is 13.2 Å². The highest BCUT2D eigenvalue weighted by molar-refractivity contribution is 7.89. The second-order valence-electron chi connectivity index (χ2n) is 5.09. The lowest BCUT2D eigenvalue weighted by atomic mass is 10.2. The van der Waals surface area contributed by atoms with E-state index >= 15 is 0 Å². The molecule has 0 amide bonds. The van der Waals surface area contributed by atoms with Crippen LogP contribution in [0.25, 0.3) is 0 Å². The molecule has 1 aromatic heterocycles. The molecule has 0 saturated carbocycles. The van der Waals surface area contributed by atoms with Crippen LogP contribution >= 0.6 is 0 Å². The van der Waals surface area contributed by atoms with Crippen LogP contribution in [0, 0.1) is 11.3 Å². The number of rotatable bonds is 4. The van der Waals surface area contributed by atoms with Crippen molar-refractivity contribution in [1.82, 2.24) is 14.5 Å². The number of hydrogen-bond acceptors (Lipinski definition) is 6. The van der Waals surface area contributed by atoms with Crippen molar-refractivity contribution in [3.63, 3.8) is 0 Å². The minimum Gasteiger partial charge on any atom is -0.472 e. The number of nitriles is 1. The van der Waals surface area contributed by atoms with Crippen LogP contribution in [0.2, 0.25) is 0 Å². The van der Waals surface area contributed by atoms with Crippen LogP contribution in [0.3, 0.4) is 0 Å². The first-order chi connectivity index (χ1) is 11.1. The first-order valence-electron chi connectivity index (χ1n) is 7.04. The Labute approximate surface area is 134 Å². The topological polar surface area (TPSA) is 96.2 Å². The zero-order valence-corrected chi connectivity index (χ0v) is 13.0. The summed E-state index contributed by atoms with van der Waals surface area (Å²) in [6, 6.07) is 11.3. The maximum absolute atomic E-state index is 12.6. The van der Waals surface area contributed by atoms with E-state index in [-0.39, 0.29) is 17.5 Å². The molecule has 23 heavy (non-hydrogen) atoms. The summed E-state index contributed by atoms with van der Waals surface area (Å²) < 4.78 is 32.2. The Kier molecular flexibility index (Phi) is 4.23. The van der Waals surface area contributed by atoms with Gasteiger partial charge in [-0.25, -0.2) is 8.42 Å². The minimum absolute atomic E-state index is 0.177. The van der Waals surface area contributed by atoms with Gasteiger partial charge in [-0.2, -0.15) is 14.7 Å². The number of aromatic nitrogens is 2. The minimum atomic E-state index is -3.58. The Morgan fingerprint density at radius 1 is 1.26 bits per heavy atom. The number of sulfonamides is 1. The molecule has 1 aromatic carbocycles. The highest BCUT2D eigenvalue weighted by atomic mass is 32.2. The normalized spacial score (nSPS) is 18.5. The highest BCUT2D eigenvalue weighted by Gasteiger charge is 2.33. The molecule has 1 saturated heterocycles. The standard InChI is InChI=1S/C15H14N4O3S/c16-10-12-3-5-14(6-4-12)23(20,21)19-9-7-13(11-19)22-15-2-1-8-17-18-15/h1-6,8,13H,7,9,11H2/t13-/m0/s1. The summed E-state index contributed by atoms with van der Waals surface area (Å²) in [7, 11) is -3.58. The van der Waals surface area contributed by atoms with Crippen molar-refractivity contribution in [3.8, 4) is 11.9 Å². The zero-order chi connectivity index (χ0) is 16.3. The van der Waals surface area contributed by atoms with E-state index in [1.54, 1.807) is 18.3 Å². The van der Waals surface area contributed by atoms with Crippen molar-refractivity contribution in [3.05, 3.63) is 48.2 Å². The van der Waals surface area contributed by atoms with Gasteiger partial charge in [0.25, 0.3) is 0 Å². The summed E-state index contributed by atoms with van der Waals surface area (Å²) in [6.07, 6.45) is 1.88. The SMILES string of the molecule is N#Cc1ccc(S(=O)(=O)N2CC[C@H](Oc3cccnn3)C2)cc1. The smallest absolute Gasteiger partial charge is 0.243 e. The van der Waals surface area contributed by atoms with E-state index in [9.17, 15) is 8.42 Å². The van der Waals surface area contributed by atoms with Crippen molar-refractivity contribution >= 4 is 10.0 Å². The van der Waals surface area contributed by atoms with Crippen molar-refractivity contribution in [2.24, 2.45) is 0 Å². The van der Waals surface area contributed by atoms with Gasteiger partial charge in [-0.15, -0.1) is 5.10 Å². The van der Waals surface area contributed by atoms with Gasteiger partial charge in [0.2, 0.25) is 15.9 Å². The average Bonchev–Trinajstić information content (AvgIpc) is 3.05. The van der Waals surface area contributed by atoms with Crippen LogP contribution in [-0.2, 0) is 10.0 Å². The largest absolute Gasteiger partial charge is 0.472 e. The summed E-state index contributed by atoms with van der Waals surface area (Å²) in [6.45, 7) is 0.645. The van der Waals surface area contributed by atoms with E-state index in [1.807, 2.05) is 6.07 Å². The fraction of sp³-hybridized carbons (Fsp3) is 0.267. The molecule has 0 bridgehead atoms. The predicted octanol–water partition coefficient (Wildman–Crippen LogP) is 1.19. The number of nitrogens with zero attached hydrogens (tertiary/aromatic N) is 4. The Morgan fingerprint density at radius 3 is 2.70 bits per heavy atom. The van der Waals surface area contributed by atoms with Gasteiger partial charge in [0.05, 0.1) is 23.1 Å². The molecule has 118 valence electrons. The lowest BCUT2D eigenvalue weighted by molar-refractivity contribution is 0.204. The zero-order valence-electron chi connectivity index (χ0n) is 12.2. The quantitative estimate of drug-likeness (QED) is 0.835. The Morgan fingerprint density at radius 2 is 2.04 bits per heavy atom. The Hall–Kier alpha value is -2.50. The highest BCUT2D eigenvalue weighted by Crippen LogP contribution is 2.23. The van der Waals surface area contributed by atoms with Gasteiger partial charge in [-0.1, -0.05) is 0 Å². The fourth-order valence-electron chi connectivity index (χ4n) is 2.38. The van der Waals surface area contributed by atoms with Crippen molar-refractivity contribution in [1.29, 1.82) is 5.26 Å². The van der Waals surface area contributed by atoms with Crippen LogP contribution in [-0.4, -0.2) is 42.1 Å². The summed E-state index contributed by atoms with van der Waals surface area (Å²) in [5.41, 5.74) is 0.425. The van der Waals surface area contributed by atoms with Crippen molar-refractivity contribution in [2.75, 3.05) is 13.1 Å². The third-order valence-corrected chi connectivity index (χ3v) is 5.44.